The molecule has 3 N–H and O–H groups in total. The molecular formula is C15H22N4O3S. The highest BCUT2D eigenvalue weighted by molar-refractivity contribution is 7.87. The quantitative estimate of drug-likeness (QED) is 0.750. The highest BCUT2D eigenvalue weighted by Crippen LogP contribution is 2.16. The molecule has 0 aromatic heterocycles. The van der Waals surface area contributed by atoms with Crippen LogP contribution in [0, 0.1) is 17.2 Å². The van der Waals surface area contributed by atoms with Crippen molar-refractivity contribution in [1.82, 2.24) is 9.62 Å². The molecule has 1 unspecified atom stereocenters. The molecule has 126 valence electrons. The lowest BCUT2D eigenvalue weighted by Crippen LogP contribution is -2.43. The minimum atomic E-state index is -3.62. The van der Waals surface area contributed by atoms with E-state index < -0.39 is 10.2 Å². The molecule has 0 aliphatic carbocycles. The molecule has 0 spiro atoms. The van der Waals surface area contributed by atoms with E-state index in [9.17, 15) is 8.42 Å². The fourth-order valence-electron chi connectivity index (χ4n) is 2.67. The zero-order chi connectivity index (χ0) is 16.7. The van der Waals surface area contributed by atoms with Gasteiger partial charge in [0.1, 0.15) is 12.4 Å². The molecule has 1 saturated heterocycles. The van der Waals surface area contributed by atoms with E-state index in [4.69, 9.17) is 15.1 Å². The van der Waals surface area contributed by atoms with Crippen molar-refractivity contribution in [3.05, 3.63) is 29.8 Å². The molecule has 1 fully saturated rings. The SMILES string of the molecule is N#Cc1ccc(OCCN2CCCC(CNS(N)(=O)=O)C2)cc1. The van der Waals surface area contributed by atoms with E-state index in [1.165, 1.54) is 0 Å². The van der Waals surface area contributed by atoms with Gasteiger partial charge in [0.25, 0.3) is 10.2 Å². The van der Waals surface area contributed by atoms with E-state index in [-0.39, 0.29) is 5.92 Å². The Morgan fingerprint density at radius 2 is 2.13 bits per heavy atom. The number of hydrogen-bond donors (Lipinski definition) is 2. The Kier molecular flexibility index (Phi) is 6.36. The molecular weight excluding hydrogens is 316 g/mol. The molecule has 2 rings (SSSR count). The van der Waals surface area contributed by atoms with E-state index in [1.54, 1.807) is 24.3 Å². The standard InChI is InChI=1S/C15H22N4O3S/c16-10-13-3-5-15(6-4-13)22-9-8-19-7-1-2-14(12-19)11-18-23(17,20)21/h3-6,14,18H,1-2,7-9,11-12H2,(H2,17,20,21). The molecule has 0 amide bonds. The van der Waals surface area contributed by atoms with Crippen molar-refractivity contribution in [2.45, 2.75) is 12.8 Å². The maximum Gasteiger partial charge on any atom is 0.274 e. The normalized spacial score (nSPS) is 19.2. The summed E-state index contributed by atoms with van der Waals surface area (Å²) in [4.78, 5) is 2.27. The number of nitriles is 1. The number of rotatable bonds is 7. The van der Waals surface area contributed by atoms with Crippen LogP contribution < -0.4 is 14.6 Å². The van der Waals surface area contributed by atoms with Crippen LogP contribution in [0.1, 0.15) is 18.4 Å². The smallest absolute Gasteiger partial charge is 0.274 e. The van der Waals surface area contributed by atoms with Gasteiger partial charge in [0.05, 0.1) is 11.6 Å². The summed E-state index contributed by atoms with van der Waals surface area (Å²) in [7, 11) is -3.62. The van der Waals surface area contributed by atoms with Crippen LogP contribution in [-0.4, -0.2) is 46.1 Å². The first-order valence-corrected chi connectivity index (χ1v) is 9.13. The average molecular weight is 338 g/mol. The van der Waals surface area contributed by atoms with Gasteiger partial charge in [0, 0.05) is 19.6 Å². The first-order valence-electron chi connectivity index (χ1n) is 7.59. The lowest BCUT2D eigenvalue weighted by atomic mass is 9.98. The Morgan fingerprint density at radius 3 is 2.78 bits per heavy atom. The molecule has 1 heterocycles. The average Bonchev–Trinajstić information content (AvgIpc) is 2.53. The minimum absolute atomic E-state index is 0.275. The molecule has 8 heteroatoms. The number of likely N-dealkylation sites (tertiary alicyclic amines) is 1. The second kappa shape index (κ2) is 8.26. The van der Waals surface area contributed by atoms with Crippen molar-refractivity contribution in [1.29, 1.82) is 5.26 Å². The summed E-state index contributed by atoms with van der Waals surface area (Å²) in [5, 5.41) is 13.7. The number of ether oxygens (including phenoxy) is 1. The summed E-state index contributed by atoms with van der Waals surface area (Å²) in [6.45, 7) is 3.54. The third-order valence-electron chi connectivity index (χ3n) is 3.84. The molecule has 7 nitrogen and oxygen atoms in total. The van der Waals surface area contributed by atoms with Crippen molar-refractivity contribution in [3.63, 3.8) is 0 Å². The van der Waals surface area contributed by atoms with Crippen LogP contribution in [-0.2, 0) is 10.2 Å². The van der Waals surface area contributed by atoms with E-state index in [0.29, 0.717) is 18.7 Å². The number of nitrogens with two attached hydrogens (primary N) is 1. The first kappa shape index (κ1) is 17.7. The Labute approximate surface area is 137 Å². The summed E-state index contributed by atoms with van der Waals surface area (Å²) in [6.07, 6.45) is 2.03. The van der Waals surface area contributed by atoms with Crippen LogP contribution in [0.5, 0.6) is 5.75 Å². The summed E-state index contributed by atoms with van der Waals surface area (Å²) >= 11 is 0. The fraction of sp³-hybridized carbons (Fsp3) is 0.533. The fourth-order valence-corrected chi connectivity index (χ4v) is 3.14. The van der Waals surface area contributed by atoms with E-state index >= 15 is 0 Å². The van der Waals surface area contributed by atoms with Gasteiger partial charge < -0.3 is 4.74 Å². The lowest BCUT2D eigenvalue weighted by molar-refractivity contribution is 0.148. The largest absolute Gasteiger partial charge is 0.492 e. The zero-order valence-corrected chi connectivity index (χ0v) is 13.8. The van der Waals surface area contributed by atoms with Crippen molar-refractivity contribution < 1.29 is 13.2 Å². The van der Waals surface area contributed by atoms with Crippen molar-refractivity contribution in [2.24, 2.45) is 11.1 Å². The Bertz CT molecular complexity index is 640. The van der Waals surface area contributed by atoms with Crippen LogP contribution in [0.4, 0.5) is 0 Å². The third-order valence-corrected chi connectivity index (χ3v) is 4.40. The predicted molar refractivity (Wildman–Crippen MR) is 86.9 cm³/mol. The second-order valence-corrected chi connectivity index (χ2v) is 7.07. The minimum Gasteiger partial charge on any atom is -0.492 e. The highest BCUT2D eigenvalue weighted by atomic mass is 32.2. The summed E-state index contributed by atoms with van der Waals surface area (Å²) < 4.78 is 29.9. The summed E-state index contributed by atoms with van der Waals surface area (Å²) in [5.41, 5.74) is 0.610. The van der Waals surface area contributed by atoms with E-state index in [2.05, 4.69) is 15.7 Å². The van der Waals surface area contributed by atoms with Crippen LogP contribution in [0.3, 0.4) is 0 Å². The number of nitrogens with zero attached hydrogens (tertiary/aromatic N) is 2. The van der Waals surface area contributed by atoms with Crippen LogP contribution >= 0.6 is 0 Å². The molecule has 1 aromatic carbocycles. The molecule has 0 radical (unpaired) electrons. The number of benzene rings is 1. The third kappa shape index (κ3) is 6.54. The Hall–Kier alpha value is -1.66. The van der Waals surface area contributed by atoms with Crippen molar-refractivity contribution in [2.75, 3.05) is 32.8 Å². The lowest BCUT2D eigenvalue weighted by Gasteiger charge is -2.32. The number of hydrogen-bond acceptors (Lipinski definition) is 5. The Morgan fingerprint density at radius 1 is 1.39 bits per heavy atom. The van der Waals surface area contributed by atoms with Gasteiger partial charge in [-0.2, -0.15) is 13.7 Å². The van der Waals surface area contributed by atoms with Gasteiger partial charge in [-0.1, -0.05) is 0 Å². The zero-order valence-electron chi connectivity index (χ0n) is 12.9. The molecule has 1 atom stereocenters. The highest BCUT2D eigenvalue weighted by Gasteiger charge is 2.20. The van der Waals surface area contributed by atoms with Gasteiger partial charge in [-0.05, 0) is 49.6 Å². The van der Waals surface area contributed by atoms with Crippen LogP contribution in [0.15, 0.2) is 24.3 Å². The van der Waals surface area contributed by atoms with Gasteiger partial charge in [0.2, 0.25) is 0 Å². The maximum atomic E-state index is 10.9. The molecule has 1 aromatic rings. The molecule has 0 bridgehead atoms. The maximum absolute atomic E-state index is 10.9. The predicted octanol–water partition coefficient (Wildman–Crippen LogP) is 0.442. The van der Waals surface area contributed by atoms with Gasteiger partial charge in [0.15, 0.2) is 0 Å². The van der Waals surface area contributed by atoms with Crippen LogP contribution in [0.25, 0.3) is 0 Å². The van der Waals surface area contributed by atoms with E-state index in [1.807, 2.05) is 0 Å². The van der Waals surface area contributed by atoms with Gasteiger partial charge >= 0.3 is 0 Å². The van der Waals surface area contributed by atoms with Gasteiger partial charge in [-0.25, -0.2) is 9.86 Å². The summed E-state index contributed by atoms with van der Waals surface area (Å²) in [5.74, 6) is 1.02. The molecule has 0 saturated carbocycles. The summed E-state index contributed by atoms with van der Waals surface area (Å²) in [6, 6.07) is 9.09. The number of piperidine rings is 1. The van der Waals surface area contributed by atoms with E-state index in [0.717, 1.165) is 38.2 Å². The van der Waals surface area contributed by atoms with Crippen molar-refractivity contribution in [3.8, 4) is 11.8 Å². The molecule has 23 heavy (non-hydrogen) atoms. The monoisotopic (exact) mass is 338 g/mol. The van der Waals surface area contributed by atoms with Crippen molar-refractivity contribution >= 4 is 10.2 Å². The topological polar surface area (TPSA) is 108 Å². The first-order chi connectivity index (χ1) is 11.0. The molecule has 1 aliphatic rings. The Balaban J connectivity index is 1.71. The number of nitrogens with one attached hydrogen (secondary N) is 1. The van der Waals surface area contributed by atoms with Crippen LogP contribution in [0.2, 0.25) is 0 Å². The molecule has 1 aliphatic heterocycles. The van der Waals surface area contributed by atoms with Gasteiger partial charge in [-0.3, -0.25) is 4.90 Å². The second-order valence-electron chi connectivity index (χ2n) is 5.69. The van der Waals surface area contributed by atoms with Gasteiger partial charge in [-0.15, -0.1) is 0 Å².